The minimum absolute atomic E-state index is 0.177. The molecule has 1 aliphatic rings. The second kappa shape index (κ2) is 13.0. The highest BCUT2D eigenvalue weighted by molar-refractivity contribution is 7.26. The molecule has 1 aromatic heterocycles. The van der Waals surface area contributed by atoms with E-state index in [-0.39, 0.29) is 5.41 Å². The number of hydrogen-bond donors (Lipinski definition) is 0. The van der Waals surface area contributed by atoms with Crippen LogP contribution in [0.25, 0.3) is 69.5 Å². The van der Waals surface area contributed by atoms with Crippen LogP contribution in [-0.2, 0) is 5.41 Å². The molecule has 0 bridgehead atoms. The van der Waals surface area contributed by atoms with Gasteiger partial charge in [0, 0.05) is 42.6 Å². The van der Waals surface area contributed by atoms with Crippen LogP contribution in [0.2, 0.25) is 0 Å². The summed E-state index contributed by atoms with van der Waals surface area (Å²) in [5.74, 6) is 0. The Morgan fingerprint density at radius 1 is 0.455 bits per heavy atom. The molecule has 1 heterocycles. The molecule has 0 radical (unpaired) electrons. The molecule has 0 atom stereocenters. The summed E-state index contributed by atoms with van der Waals surface area (Å²) in [7, 11) is 0. The van der Waals surface area contributed by atoms with Crippen LogP contribution in [0.3, 0.4) is 0 Å². The first kappa shape index (κ1) is 32.9. The standard InChI is InChI=1S/C52H36N2S/c1-52(2)48-32-38(34-10-5-4-6-11-34)22-30-44(48)45-31-29-42(33-49(45)52)54(41-27-23-39(53-3)24-28-41)40-25-20-36(21-26-40)35-16-18-37(19-17-35)43-13-9-14-47-46-12-7-8-15-50(46)55-51(43)47/h4-33H,1-2H3. The predicted molar refractivity (Wildman–Crippen MR) is 234 cm³/mol. The molecule has 0 N–H and O–H groups in total. The first-order chi connectivity index (χ1) is 27.0. The number of rotatable bonds is 6. The van der Waals surface area contributed by atoms with Gasteiger partial charge < -0.3 is 4.90 Å². The van der Waals surface area contributed by atoms with Crippen LogP contribution < -0.4 is 4.90 Å². The van der Waals surface area contributed by atoms with Gasteiger partial charge in [0.15, 0.2) is 5.69 Å². The molecule has 0 fully saturated rings. The Morgan fingerprint density at radius 2 is 1.00 bits per heavy atom. The Bertz CT molecular complexity index is 2930. The van der Waals surface area contributed by atoms with Crippen molar-refractivity contribution >= 4 is 54.3 Å². The Hall–Kier alpha value is -6.73. The number of thiophene rings is 1. The quantitative estimate of drug-likeness (QED) is 0.155. The van der Waals surface area contributed by atoms with E-state index in [2.05, 4.69) is 193 Å². The van der Waals surface area contributed by atoms with Gasteiger partial charge in [0.1, 0.15) is 0 Å². The summed E-state index contributed by atoms with van der Waals surface area (Å²) in [4.78, 5) is 5.97. The molecule has 0 spiro atoms. The van der Waals surface area contributed by atoms with Gasteiger partial charge in [-0.2, -0.15) is 0 Å². The van der Waals surface area contributed by atoms with E-state index in [0.29, 0.717) is 5.69 Å². The van der Waals surface area contributed by atoms with Gasteiger partial charge in [-0.1, -0.05) is 147 Å². The SMILES string of the molecule is [C-]#[N+]c1ccc(N(c2ccc(-c3ccc(-c4cccc5c4sc4ccccc45)cc3)cc2)c2ccc3c(c2)C(C)(C)c2cc(-c4ccccc4)ccc2-3)cc1. The lowest BCUT2D eigenvalue weighted by atomic mass is 9.81. The maximum atomic E-state index is 7.55. The summed E-state index contributed by atoms with van der Waals surface area (Å²) in [5.41, 5.74) is 16.2. The molecule has 260 valence electrons. The minimum Gasteiger partial charge on any atom is -0.311 e. The first-order valence-corrected chi connectivity index (χ1v) is 19.5. The lowest BCUT2D eigenvalue weighted by Crippen LogP contribution is -2.16. The molecule has 3 heteroatoms. The maximum absolute atomic E-state index is 7.55. The molecule has 0 saturated carbocycles. The monoisotopic (exact) mass is 720 g/mol. The highest BCUT2D eigenvalue weighted by Crippen LogP contribution is 2.52. The number of nitrogens with zero attached hydrogens (tertiary/aromatic N) is 2. The molecule has 0 saturated heterocycles. The maximum Gasteiger partial charge on any atom is 0.187 e. The van der Waals surface area contributed by atoms with Gasteiger partial charge in [0.25, 0.3) is 0 Å². The van der Waals surface area contributed by atoms with E-state index >= 15 is 0 Å². The second-order valence-corrected chi connectivity index (χ2v) is 15.9. The van der Waals surface area contributed by atoms with Gasteiger partial charge in [-0.05, 0) is 104 Å². The van der Waals surface area contributed by atoms with Crippen molar-refractivity contribution in [2.45, 2.75) is 19.3 Å². The van der Waals surface area contributed by atoms with E-state index in [1.165, 1.54) is 75.8 Å². The molecule has 8 aromatic carbocycles. The van der Waals surface area contributed by atoms with Crippen molar-refractivity contribution in [1.82, 2.24) is 0 Å². The van der Waals surface area contributed by atoms with Crippen LogP contribution in [0.4, 0.5) is 22.7 Å². The van der Waals surface area contributed by atoms with Gasteiger partial charge in [0.05, 0.1) is 6.57 Å². The molecule has 1 aliphatic carbocycles. The van der Waals surface area contributed by atoms with Gasteiger partial charge in [-0.25, -0.2) is 4.85 Å². The topological polar surface area (TPSA) is 7.60 Å². The number of benzene rings is 8. The van der Waals surface area contributed by atoms with Crippen LogP contribution in [0.5, 0.6) is 0 Å². The average molecular weight is 721 g/mol. The van der Waals surface area contributed by atoms with Crippen LogP contribution in [0.1, 0.15) is 25.0 Å². The minimum atomic E-state index is -0.177. The third-order valence-corrected chi connectivity index (χ3v) is 12.5. The molecule has 0 amide bonds. The molecule has 10 rings (SSSR count). The van der Waals surface area contributed by atoms with Crippen molar-refractivity contribution in [3.63, 3.8) is 0 Å². The summed E-state index contributed by atoms with van der Waals surface area (Å²) in [6.07, 6.45) is 0. The van der Waals surface area contributed by atoms with Crippen molar-refractivity contribution in [1.29, 1.82) is 0 Å². The highest BCUT2D eigenvalue weighted by Gasteiger charge is 2.36. The molecule has 9 aromatic rings. The van der Waals surface area contributed by atoms with E-state index in [0.717, 1.165) is 17.1 Å². The van der Waals surface area contributed by atoms with E-state index in [1.54, 1.807) is 0 Å². The van der Waals surface area contributed by atoms with Crippen LogP contribution >= 0.6 is 11.3 Å². The highest BCUT2D eigenvalue weighted by atomic mass is 32.1. The molecule has 2 nitrogen and oxygen atoms in total. The van der Waals surface area contributed by atoms with Crippen molar-refractivity contribution in [3.8, 4) is 44.5 Å². The molecule has 0 aliphatic heterocycles. The van der Waals surface area contributed by atoms with E-state index < -0.39 is 0 Å². The summed E-state index contributed by atoms with van der Waals surface area (Å²) < 4.78 is 2.66. The fourth-order valence-electron chi connectivity index (χ4n) is 8.42. The average Bonchev–Trinajstić information content (AvgIpc) is 3.73. The largest absolute Gasteiger partial charge is 0.311 e. The van der Waals surface area contributed by atoms with E-state index in [4.69, 9.17) is 6.57 Å². The zero-order valence-corrected chi connectivity index (χ0v) is 31.4. The second-order valence-electron chi connectivity index (χ2n) is 14.8. The van der Waals surface area contributed by atoms with Crippen molar-refractivity contribution in [2.75, 3.05) is 4.90 Å². The molecule has 0 unspecified atom stereocenters. The predicted octanol–water partition coefficient (Wildman–Crippen LogP) is 15.4. The number of fused-ring (bicyclic) bond motifs is 6. The normalized spacial score (nSPS) is 12.7. The Balaban J connectivity index is 0.995. The molecule has 55 heavy (non-hydrogen) atoms. The van der Waals surface area contributed by atoms with Crippen molar-refractivity contribution in [3.05, 3.63) is 205 Å². The summed E-state index contributed by atoms with van der Waals surface area (Å²) in [5, 5.41) is 2.64. The zero-order chi connectivity index (χ0) is 37.1. The summed E-state index contributed by atoms with van der Waals surface area (Å²) in [6.45, 7) is 12.2. The van der Waals surface area contributed by atoms with E-state index in [9.17, 15) is 0 Å². The van der Waals surface area contributed by atoms with Gasteiger partial charge >= 0.3 is 0 Å². The zero-order valence-electron chi connectivity index (χ0n) is 30.6. The Morgan fingerprint density at radius 3 is 1.73 bits per heavy atom. The van der Waals surface area contributed by atoms with Crippen LogP contribution in [0.15, 0.2) is 182 Å². The fraction of sp³-hybridized carbons (Fsp3) is 0.0577. The van der Waals surface area contributed by atoms with Crippen molar-refractivity contribution in [2.24, 2.45) is 0 Å². The van der Waals surface area contributed by atoms with Gasteiger partial charge in [0.2, 0.25) is 0 Å². The first-order valence-electron chi connectivity index (χ1n) is 18.7. The molecular formula is C52H36N2S. The number of hydrogen-bond acceptors (Lipinski definition) is 2. The van der Waals surface area contributed by atoms with Gasteiger partial charge in [-0.15, -0.1) is 11.3 Å². The molecular weight excluding hydrogens is 685 g/mol. The Labute approximate surface area is 326 Å². The van der Waals surface area contributed by atoms with Crippen molar-refractivity contribution < 1.29 is 0 Å². The lowest BCUT2D eigenvalue weighted by molar-refractivity contribution is 0.660. The summed E-state index contributed by atoms with van der Waals surface area (Å²) in [6, 6.07) is 65.5. The van der Waals surface area contributed by atoms with Gasteiger partial charge in [-0.3, -0.25) is 0 Å². The summed E-state index contributed by atoms with van der Waals surface area (Å²) >= 11 is 1.87. The smallest absolute Gasteiger partial charge is 0.187 e. The Kier molecular flexibility index (Phi) is 7.77. The van der Waals surface area contributed by atoms with Crippen LogP contribution in [-0.4, -0.2) is 0 Å². The third-order valence-electron chi connectivity index (χ3n) is 11.3. The third kappa shape index (κ3) is 5.54. The fourth-order valence-corrected chi connectivity index (χ4v) is 9.66. The lowest BCUT2D eigenvalue weighted by Gasteiger charge is -2.28. The van der Waals surface area contributed by atoms with E-state index in [1.807, 2.05) is 23.5 Å². The van der Waals surface area contributed by atoms with Crippen LogP contribution in [0, 0.1) is 6.57 Å². The number of anilines is 3.